The van der Waals surface area contributed by atoms with Gasteiger partial charge in [0.25, 0.3) is 0 Å². The van der Waals surface area contributed by atoms with Crippen LogP contribution in [0, 0.1) is 0 Å². The summed E-state index contributed by atoms with van der Waals surface area (Å²) in [6.07, 6.45) is 0. The number of carbonyl (C=O) groups is 1. The molecular weight excluding hydrogens is 271 g/mol. The summed E-state index contributed by atoms with van der Waals surface area (Å²) < 4.78 is 0. The number of halogens is 2. The number of aliphatic carboxylic acids is 1. The fourth-order valence-corrected chi connectivity index (χ4v) is 2.41. The molecule has 0 radical (unpaired) electrons. The van der Waals surface area contributed by atoms with E-state index in [4.69, 9.17) is 23.2 Å². The zero-order valence-electron chi connectivity index (χ0n) is 9.31. The molecule has 0 heterocycles. The molecular formula is C14H10Cl2O2. The summed E-state index contributed by atoms with van der Waals surface area (Å²) in [5.41, 5.74) is 1.27. The van der Waals surface area contributed by atoms with Crippen molar-refractivity contribution < 1.29 is 9.90 Å². The van der Waals surface area contributed by atoms with Gasteiger partial charge in [-0.25, -0.2) is 0 Å². The molecule has 0 saturated carbocycles. The molecule has 0 amide bonds. The third kappa shape index (κ3) is 2.84. The highest BCUT2D eigenvalue weighted by Gasteiger charge is 2.22. The summed E-state index contributed by atoms with van der Waals surface area (Å²) in [6.45, 7) is 0. The molecule has 2 aromatic carbocycles. The van der Waals surface area contributed by atoms with Gasteiger partial charge in [-0.3, -0.25) is 4.79 Å². The van der Waals surface area contributed by atoms with E-state index in [1.807, 2.05) is 6.07 Å². The summed E-state index contributed by atoms with van der Waals surface area (Å²) in [5.74, 6) is -1.69. The first-order valence-corrected chi connectivity index (χ1v) is 6.07. The molecule has 0 aromatic heterocycles. The fraction of sp³-hybridized carbons (Fsp3) is 0.0714. The van der Waals surface area contributed by atoms with Crippen molar-refractivity contribution >= 4 is 29.2 Å². The molecule has 0 aliphatic heterocycles. The largest absolute Gasteiger partial charge is 0.481 e. The summed E-state index contributed by atoms with van der Waals surface area (Å²) in [7, 11) is 0. The molecule has 2 nitrogen and oxygen atoms in total. The Morgan fingerprint density at radius 2 is 1.50 bits per heavy atom. The van der Waals surface area contributed by atoms with E-state index in [1.165, 1.54) is 0 Å². The Morgan fingerprint density at radius 1 is 0.944 bits per heavy atom. The normalized spacial score (nSPS) is 12.1. The molecule has 0 aliphatic rings. The van der Waals surface area contributed by atoms with Crippen LogP contribution in [-0.4, -0.2) is 11.1 Å². The highest BCUT2D eigenvalue weighted by molar-refractivity contribution is 6.34. The van der Waals surface area contributed by atoms with Gasteiger partial charge in [-0.2, -0.15) is 0 Å². The summed E-state index contributed by atoms with van der Waals surface area (Å²) in [6, 6.07) is 13.8. The number of carboxylic acid groups (broad SMARTS) is 1. The van der Waals surface area contributed by atoms with Gasteiger partial charge < -0.3 is 5.11 Å². The second-order valence-electron chi connectivity index (χ2n) is 3.88. The molecule has 0 bridgehead atoms. The van der Waals surface area contributed by atoms with Crippen LogP contribution < -0.4 is 0 Å². The van der Waals surface area contributed by atoms with E-state index < -0.39 is 11.9 Å². The van der Waals surface area contributed by atoms with Crippen molar-refractivity contribution in [2.75, 3.05) is 0 Å². The van der Waals surface area contributed by atoms with E-state index >= 15 is 0 Å². The SMILES string of the molecule is O=C(O)[C@@H](c1ccccc1)c1cc(Cl)cc(Cl)c1. The van der Waals surface area contributed by atoms with Gasteiger partial charge in [0.2, 0.25) is 0 Å². The van der Waals surface area contributed by atoms with Crippen molar-refractivity contribution in [3.05, 3.63) is 69.7 Å². The lowest BCUT2D eigenvalue weighted by Crippen LogP contribution is -2.13. The molecule has 2 rings (SSSR count). The number of hydrogen-bond donors (Lipinski definition) is 1. The maximum Gasteiger partial charge on any atom is 0.315 e. The molecule has 92 valence electrons. The third-order valence-corrected chi connectivity index (χ3v) is 3.03. The van der Waals surface area contributed by atoms with E-state index in [0.29, 0.717) is 21.2 Å². The Kier molecular flexibility index (Phi) is 3.90. The second kappa shape index (κ2) is 5.42. The molecule has 0 saturated heterocycles. The highest BCUT2D eigenvalue weighted by Crippen LogP contribution is 2.29. The van der Waals surface area contributed by atoms with Crippen molar-refractivity contribution in [3.63, 3.8) is 0 Å². The smallest absolute Gasteiger partial charge is 0.315 e. The Bertz CT molecular complexity index is 547. The number of carboxylic acids is 1. The van der Waals surface area contributed by atoms with Gasteiger partial charge in [-0.1, -0.05) is 53.5 Å². The summed E-state index contributed by atoms with van der Waals surface area (Å²) >= 11 is 11.8. The lowest BCUT2D eigenvalue weighted by atomic mass is 9.91. The number of rotatable bonds is 3. The van der Waals surface area contributed by atoms with Gasteiger partial charge in [0.15, 0.2) is 0 Å². The van der Waals surface area contributed by atoms with Gasteiger partial charge >= 0.3 is 5.97 Å². The van der Waals surface area contributed by atoms with Crippen LogP contribution in [-0.2, 0) is 4.79 Å². The Hall–Kier alpha value is -1.51. The van der Waals surface area contributed by atoms with Gasteiger partial charge in [-0.05, 0) is 29.3 Å². The van der Waals surface area contributed by atoms with Crippen LogP contribution in [0.3, 0.4) is 0 Å². The molecule has 4 heteroatoms. The lowest BCUT2D eigenvalue weighted by molar-refractivity contribution is -0.137. The van der Waals surface area contributed by atoms with Crippen LogP contribution in [0.15, 0.2) is 48.5 Å². The number of hydrogen-bond acceptors (Lipinski definition) is 1. The monoisotopic (exact) mass is 280 g/mol. The van der Waals surface area contributed by atoms with Gasteiger partial charge in [-0.15, -0.1) is 0 Å². The van der Waals surface area contributed by atoms with Gasteiger partial charge in [0, 0.05) is 10.0 Å². The molecule has 0 fully saturated rings. The molecule has 0 aliphatic carbocycles. The van der Waals surface area contributed by atoms with E-state index in [2.05, 4.69) is 0 Å². The Morgan fingerprint density at radius 3 is 2.00 bits per heavy atom. The summed E-state index contributed by atoms with van der Waals surface area (Å²) in [4.78, 5) is 11.4. The first-order valence-electron chi connectivity index (χ1n) is 5.31. The molecule has 2 aromatic rings. The Labute approximate surface area is 115 Å². The van der Waals surface area contributed by atoms with Crippen molar-refractivity contribution in [1.29, 1.82) is 0 Å². The molecule has 18 heavy (non-hydrogen) atoms. The zero-order valence-corrected chi connectivity index (χ0v) is 10.8. The number of benzene rings is 2. The molecule has 0 spiro atoms. The predicted molar refractivity (Wildman–Crippen MR) is 72.4 cm³/mol. The molecule has 0 unspecified atom stereocenters. The lowest BCUT2D eigenvalue weighted by Gasteiger charge is -2.14. The van der Waals surface area contributed by atoms with Crippen LogP contribution in [0.4, 0.5) is 0 Å². The van der Waals surface area contributed by atoms with Crippen LogP contribution in [0.25, 0.3) is 0 Å². The minimum absolute atomic E-state index is 0.430. The maximum absolute atomic E-state index is 11.4. The molecule has 1 N–H and O–H groups in total. The topological polar surface area (TPSA) is 37.3 Å². The van der Waals surface area contributed by atoms with Crippen LogP contribution in [0.5, 0.6) is 0 Å². The third-order valence-electron chi connectivity index (χ3n) is 2.60. The average molecular weight is 281 g/mol. The first kappa shape index (κ1) is 12.9. The van der Waals surface area contributed by atoms with Crippen molar-refractivity contribution in [2.45, 2.75) is 5.92 Å². The zero-order chi connectivity index (χ0) is 13.1. The van der Waals surface area contributed by atoms with Gasteiger partial charge in [0.1, 0.15) is 5.92 Å². The van der Waals surface area contributed by atoms with Crippen LogP contribution >= 0.6 is 23.2 Å². The predicted octanol–water partition coefficient (Wildman–Crippen LogP) is 4.21. The van der Waals surface area contributed by atoms with Crippen molar-refractivity contribution in [1.82, 2.24) is 0 Å². The van der Waals surface area contributed by atoms with Crippen molar-refractivity contribution in [3.8, 4) is 0 Å². The van der Waals surface area contributed by atoms with E-state index in [9.17, 15) is 9.90 Å². The molecule has 1 atom stereocenters. The van der Waals surface area contributed by atoms with E-state index in [-0.39, 0.29) is 0 Å². The summed E-state index contributed by atoms with van der Waals surface area (Å²) in [5, 5.41) is 10.2. The maximum atomic E-state index is 11.4. The quantitative estimate of drug-likeness (QED) is 0.915. The van der Waals surface area contributed by atoms with E-state index in [0.717, 1.165) is 0 Å². The minimum atomic E-state index is -0.931. The minimum Gasteiger partial charge on any atom is -0.481 e. The Balaban J connectivity index is 2.52. The second-order valence-corrected chi connectivity index (χ2v) is 4.76. The average Bonchev–Trinajstić information content (AvgIpc) is 2.28. The highest BCUT2D eigenvalue weighted by atomic mass is 35.5. The van der Waals surface area contributed by atoms with Crippen molar-refractivity contribution in [2.24, 2.45) is 0 Å². The van der Waals surface area contributed by atoms with Crippen LogP contribution in [0.1, 0.15) is 17.0 Å². The first-order chi connectivity index (χ1) is 8.58. The van der Waals surface area contributed by atoms with E-state index in [1.54, 1.807) is 42.5 Å². The van der Waals surface area contributed by atoms with Gasteiger partial charge in [0.05, 0.1) is 0 Å². The van der Waals surface area contributed by atoms with Crippen LogP contribution in [0.2, 0.25) is 10.0 Å². The standard InChI is InChI=1S/C14H10Cl2O2/c15-11-6-10(7-12(16)8-11)13(14(17)18)9-4-2-1-3-5-9/h1-8,13H,(H,17,18)/t13-/m0/s1. The fourth-order valence-electron chi connectivity index (χ4n) is 1.86.